The monoisotopic (exact) mass is 282 g/mol. The lowest BCUT2D eigenvalue weighted by Crippen LogP contribution is -2.52. The van der Waals surface area contributed by atoms with Gasteiger partial charge in [0.25, 0.3) is 0 Å². The van der Waals surface area contributed by atoms with Gasteiger partial charge >= 0.3 is 0 Å². The van der Waals surface area contributed by atoms with E-state index in [-0.39, 0.29) is 0 Å². The van der Waals surface area contributed by atoms with Crippen LogP contribution in [-0.4, -0.2) is 49.3 Å². The van der Waals surface area contributed by atoms with E-state index in [0.717, 1.165) is 13.1 Å². The normalized spacial score (nSPS) is 31.6. The number of hydrogen-bond donors (Lipinski definition) is 1. The van der Waals surface area contributed by atoms with E-state index in [1.54, 1.807) is 0 Å². The highest BCUT2D eigenvalue weighted by atomic mass is 16.5. The number of morpholine rings is 1. The maximum absolute atomic E-state index is 5.88. The third kappa shape index (κ3) is 4.71. The lowest BCUT2D eigenvalue weighted by atomic mass is 9.73. The minimum absolute atomic E-state index is 0.387. The number of ether oxygens (including phenoxy) is 1. The Kier molecular flexibility index (Phi) is 5.88. The molecular formula is C17H34N2O. The number of nitrogens with zero attached hydrogens (tertiary/aromatic N) is 1. The van der Waals surface area contributed by atoms with Crippen LogP contribution in [0.5, 0.6) is 0 Å². The van der Waals surface area contributed by atoms with Gasteiger partial charge in [0.1, 0.15) is 0 Å². The first-order chi connectivity index (χ1) is 9.49. The predicted octanol–water partition coefficient (Wildman–Crippen LogP) is 3.04. The van der Waals surface area contributed by atoms with E-state index in [9.17, 15) is 0 Å². The van der Waals surface area contributed by atoms with Gasteiger partial charge in [-0.25, -0.2) is 0 Å². The van der Waals surface area contributed by atoms with E-state index in [2.05, 4.69) is 37.9 Å². The third-order valence-corrected chi connectivity index (χ3v) is 4.85. The second kappa shape index (κ2) is 7.24. The fourth-order valence-electron chi connectivity index (χ4n) is 4.00. The maximum atomic E-state index is 5.88. The molecule has 0 aromatic rings. The van der Waals surface area contributed by atoms with Gasteiger partial charge in [-0.3, -0.25) is 4.90 Å². The Hall–Kier alpha value is -0.120. The zero-order valence-corrected chi connectivity index (χ0v) is 14.0. The summed E-state index contributed by atoms with van der Waals surface area (Å²) < 4.78 is 5.88. The van der Waals surface area contributed by atoms with E-state index in [4.69, 9.17) is 4.74 Å². The molecule has 20 heavy (non-hydrogen) atoms. The average molecular weight is 282 g/mol. The number of nitrogens with one attached hydrogen (secondary N) is 1. The van der Waals surface area contributed by atoms with Crippen LogP contribution >= 0.6 is 0 Å². The van der Waals surface area contributed by atoms with Crippen LogP contribution in [-0.2, 0) is 4.74 Å². The van der Waals surface area contributed by atoms with Crippen LogP contribution in [0.3, 0.4) is 0 Å². The van der Waals surface area contributed by atoms with Crippen LogP contribution in [0.15, 0.2) is 0 Å². The highest BCUT2D eigenvalue weighted by Gasteiger charge is 2.35. The topological polar surface area (TPSA) is 24.5 Å². The zero-order chi connectivity index (χ0) is 14.6. The third-order valence-electron chi connectivity index (χ3n) is 4.85. The lowest BCUT2D eigenvalue weighted by molar-refractivity contribution is -0.0804. The minimum atomic E-state index is 0.387. The molecular weight excluding hydrogens is 248 g/mol. The fourth-order valence-corrected chi connectivity index (χ4v) is 4.00. The van der Waals surface area contributed by atoms with Gasteiger partial charge in [0.05, 0.1) is 12.2 Å². The lowest BCUT2D eigenvalue weighted by Gasteiger charge is -2.45. The van der Waals surface area contributed by atoms with Crippen LogP contribution in [0.2, 0.25) is 0 Å². The van der Waals surface area contributed by atoms with E-state index < -0.39 is 0 Å². The van der Waals surface area contributed by atoms with Gasteiger partial charge in [-0.1, -0.05) is 33.1 Å². The summed E-state index contributed by atoms with van der Waals surface area (Å²) in [5, 5.41) is 3.71. The highest BCUT2D eigenvalue weighted by molar-refractivity contribution is 4.90. The van der Waals surface area contributed by atoms with Crippen molar-refractivity contribution in [1.82, 2.24) is 10.2 Å². The molecule has 2 unspecified atom stereocenters. The summed E-state index contributed by atoms with van der Waals surface area (Å²) in [6.45, 7) is 13.6. The molecule has 3 nitrogen and oxygen atoms in total. The van der Waals surface area contributed by atoms with Gasteiger partial charge in [-0.05, 0) is 32.1 Å². The van der Waals surface area contributed by atoms with E-state index in [1.807, 2.05) is 0 Å². The fraction of sp³-hybridized carbons (Fsp3) is 1.00. The summed E-state index contributed by atoms with van der Waals surface area (Å²) in [5.74, 6) is 0. The molecule has 0 amide bonds. The van der Waals surface area contributed by atoms with Crippen molar-refractivity contribution in [2.75, 3.05) is 26.2 Å². The van der Waals surface area contributed by atoms with Gasteiger partial charge in [-0.15, -0.1) is 0 Å². The molecule has 0 spiro atoms. The molecule has 2 aliphatic rings. The quantitative estimate of drug-likeness (QED) is 0.839. The molecule has 0 radical (unpaired) electrons. The average Bonchev–Trinajstić information content (AvgIpc) is 2.36. The van der Waals surface area contributed by atoms with Crippen molar-refractivity contribution in [2.45, 2.75) is 78.0 Å². The molecule has 1 aliphatic heterocycles. The van der Waals surface area contributed by atoms with Gasteiger partial charge in [0, 0.05) is 32.2 Å². The molecule has 0 bridgehead atoms. The van der Waals surface area contributed by atoms with E-state index >= 15 is 0 Å². The Bertz CT molecular complexity index is 277. The smallest absolute Gasteiger partial charge is 0.0678 e. The molecule has 2 atom stereocenters. The molecule has 1 N–H and O–H groups in total. The van der Waals surface area contributed by atoms with Crippen molar-refractivity contribution in [3.05, 3.63) is 0 Å². The van der Waals surface area contributed by atoms with Gasteiger partial charge in [0.15, 0.2) is 0 Å². The molecule has 1 saturated heterocycles. The molecule has 3 heteroatoms. The van der Waals surface area contributed by atoms with Crippen molar-refractivity contribution in [3.63, 3.8) is 0 Å². The molecule has 0 aromatic carbocycles. The zero-order valence-electron chi connectivity index (χ0n) is 14.0. The number of hydrogen-bond acceptors (Lipinski definition) is 3. The Labute approximate surface area is 125 Å². The summed E-state index contributed by atoms with van der Waals surface area (Å²) in [4.78, 5) is 2.66. The predicted molar refractivity (Wildman–Crippen MR) is 85.1 cm³/mol. The van der Waals surface area contributed by atoms with Crippen LogP contribution in [0.1, 0.15) is 59.8 Å². The molecule has 0 aromatic heterocycles. The van der Waals surface area contributed by atoms with Crippen molar-refractivity contribution >= 4 is 0 Å². The first-order valence-corrected chi connectivity index (χ1v) is 8.60. The summed E-state index contributed by atoms with van der Waals surface area (Å²) in [7, 11) is 0. The Morgan fingerprint density at radius 2 is 1.70 bits per heavy atom. The van der Waals surface area contributed by atoms with Gasteiger partial charge in [0.2, 0.25) is 0 Å². The van der Waals surface area contributed by atoms with Crippen molar-refractivity contribution < 1.29 is 4.74 Å². The Morgan fingerprint density at radius 3 is 2.25 bits per heavy atom. The maximum Gasteiger partial charge on any atom is 0.0678 e. The van der Waals surface area contributed by atoms with Crippen molar-refractivity contribution in [1.29, 1.82) is 0 Å². The summed E-state index contributed by atoms with van der Waals surface area (Å²) in [6, 6.07) is 0.594. The van der Waals surface area contributed by atoms with Crippen molar-refractivity contribution in [2.24, 2.45) is 5.41 Å². The van der Waals surface area contributed by atoms with Gasteiger partial charge in [-0.2, -0.15) is 0 Å². The first kappa shape index (κ1) is 16.3. The Balaban J connectivity index is 1.95. The first-order valence-electron chi connectivity index (χ1n) is 8.60. The van der Waals surface area contributed by atoms with Crippen LogP contribution in [0, 0.1) is 5.41 Å². The van der Waals surface area contributed by atoms with Crippen LogP contribution in [0.4, 0.5) is 0 Å². The summed E-state index contributed by atoms with van der Waals surface area (Å²) in [5.41, 5.74) is 0.499. The van der Waals surface area contributed by atoms with Crippen LogP contribution in [0.25, 0.3) is 0 Å². The molecule has 2 fully saturated rings. The number of rotatable bonds is 5. The van der Waals surface area contributed by atoms with E-state index in [0.29, 0.717) is 23.7 Å². The van der Waals surface area contributed by atoms with E-state index in [1.165, 1.54) is 45.2 Å². The molecule has 118 valence electrons. The van der Waals surface area contributed by atoms with Crippen molar-refractivity contribution in [3.8, 4) is 0 Å². The molecule has 1 aliphatic carbocycles. The SMILES string of the molecule is CC(C)NCC1(CN2CC(C)OC(C)C2)CCCCC1. The minimum Gasteiger partial charge on any atom is -0.373 e. The second-order valence-corrected chi connectivity index (χ2v) is 7.55. The summed E-state index contributed by atoms with van der Waals surface area (Å²) >= 11 is 0. The molecule has 2 rings (SSSR count). The van der Waals surface area contributed by atoms with Gasteiger partial charge < -0.3 is 10.1 Å². The molecule has 1 heterocycles. The standard InChI is InChI=1S/C17H34N2O/c1-14(2)18-12-17(8-6-5-7-9-17)13-19-10-15(3)20-16(4)11-19/h14-16,18H,5-13H2,1-4H3. The highest BCUT2D eigenvalue weighted by Crippen LogP contribution is 2.37. The summed E-state index contributed by atoms with van der Waals surface area (Å²) in [6.07, 6.45) is 7.82. The van der Waals surface area contributed by atoms with Crippen LogP contribution < -0.4 is 5.32 Å². The largest absolute Gasteiger partial charge is 0.373 e. The Morgan fingerprint density at radius 1 is 1.10 bits per heavy atom. The second-order valence-electron chi connectivity index (χ2n) is 7.55. The molecule has 1 saturated carbocycles.